The molecule has 0 spiro atoms. The third-order valence-corrected chi connectivity index (χ3v) is 7.05. The van der Waals surface area contributed by atoms with Gasteiger partial charge in [0.2, 0.25) is 5.91 Å². The SMILES string of the molecule is Cc1ccc(-n2c(S[C@H](C)C(=O)Nc3nc4ccccc4s3)nc3ccccc3c2=O)nc1. The standard InChI is InChI=1S/C24H19N5O2S2/c1-14-11-12-20(25-13-14)29-22(31)16-7-3-4-8-17(16)27-24(29)32-15(2)21(30)28-23-26-18-9-5-6-10-19(18)33-23/h3-13,15H,1-2H3,(H,26,28,30)/t15-/m1/s1. The number of amides is 1. The monoisotopic (exact) mass is 473 g/mol. The number of hydrogen-bond donors (Lipinski definition) is 1. The van der Waals surface area contributed by atoms with Crippen LogP contribution in [0, 0.1) is 6.92 Å². The van der Waals surface area contributed by atoms with E-state index in [0.717, 1.165) is 15.8 Å². The predicted molar refractivity (Wildman–Crippen MR) is 133 cm³/mol. The molecule has 0 aliphatic rings. The molecule has 1 N–H and O–H groups in total. The van der Waals surface area contributed by atoms with Crippen molar-refractivity contribution in [3.8, 4) is 5.82 Å². The minimum absolute atomic E-state index is 0.218. The van der Waals surface area contributed by atoms with Gasteiger partial charge in [0.1, 0.15) is 5.82 Å². The lowest BCUT2D eigenvalue weighted by Gasteiger charge is -2.15. The average molecular weight is 474 g/mol. The number of aryl methyl sites for hydroxylation is 1. The molecule has 9 heteroatoms. The van der Waals surface area contributed by atoms with Crippen molar-refractivity contribution in [2.75, 3.05) is 5.32 Å². The number of carbonyl (C=O) groups is 1. The minimum Gasteiger partial charge on any atom is -0.301 e. The molecule has 164 valence electrons. The fourth-order valence-electron chi connectivity index (χ4n) is 3.33. The quantitative estimate of drug-likeness (QED) is 0.291. The number of thioether (sulfide) groups is 1. The van der Waals surface area contributed by atoms with Crippen LogP contribution in [0.4, 0.5) is 5.13 Å². The molecule has 0 radical (unpaired) electrons. The Kier molecular flexibility index (Phi) is 5.65. The first-order valence-corrected chi connectivity index (χ1v) is 12.0. The topological polar surface area (TPSA) is 89.8 Å². The number of nitrogens with one attached hydrogen (secondary N) is 1. The van der Waals surface area contributed by atoms with Gasteiger partial charge in [-0.05, 0) is 49.7 Å². The second-order valence-corrected chi connectivity index (χ2v) is 9.82. The predicted octanol–water partition coefficient (Wildman–Crippen LogP) is 4.82. The van der Waals surface area contributed by atoms with E-state index < -0.39 is 5.25 Å². The Labute approximate surface area is 197 Å². The molecule has 3 aromatic heterocycles. The van der Waals surface area contributed by atoms with Gasteiger partial charge in [-0.2, -0.15) is 0 Å². The second-order valence-electron chi connectivity index (χ2n) is 7.48. The van der Waals surface area contributed by atoms with Crippen LogP contribution >= 0.6 is 23.1 Å². The Morgan fingerprint density at radius 2 is 1.79 bits per heavy atom. The normalized spacial score (nSPS) is 12.2. The van der Waals surface area contributed by atoms with Crippen molar-refractivity contribution < 1.29 is 4.79 Å². The number of aromatic nitrogens is 4. The van der Waals surface area contributed by atoms with Crippen LogP contribution < -0.4 is 10.9 Å². The van der Waals surface area contributed by atoms with Crippen molar-refractivity contribution in [2.24, 2.45) is 0 Å². The van der Waals surface area contributed by atoms with E-state index in [1.165, 1.54) is 27.7 Å². The van der Waals surface area contributed by atoms with Gasteiger partial charge < -0.3 is 5.32 Å². The lowest BCUT2D eigenvalue weighted by atomic mass is 10.2. The molecule has 33 heavy (non-hydrogen) atoms. The number of benzene rings is 2. The van der Waals surface area contributed by atoms with Crippen LogP contribution in [0.1, 0.15) is 12.5 Å². The number of thiazole rings is 1. The molecule has 1 amide bonds. The first kappa shape index (κ1) is 21.3. The number of carbonyl (C=O) groups excluding carboxylic acids is 1. The summed E-state index contributed by atoms with van der Waals surface area (Å²) < 4.78 is 2.47. The summed E-state index contributed by atoms with van der Waals surface area (Å²) in [6.45, 7) is 3.71. The van der Waals surface area contributed by atoms with E-state index in [1.54, 1.807) is 37.4 Å². The number of rotatable bonds is 5. The van der Waals surface area contributed by atoms with Crippen molar-refractivity contribution in [1.82, 2.24) is 19.5 Å². The van der Waals surface area contributed by atoms with Gasteiger partial charge in [-0.3, -0.25) is 9.59 Å². The Balaban J connectivity index is 1.49. The fourth-order valence-corrected chi connectivity index (χ4v) is 5.11. The molecule has 0 unspecified atom stereocenters. The largest absolute Gasteiger partial charge is 0.301 e. The van der Waals surface area contributed by atoms with E-state index in [1.807, 2.05) is 43.3 Å². The number of fused-ring (bicyclic) bond motifs is 2. The summed E-state index contributed by atoms with van der Waals surface area (Å²) >= 11 is 2.63. The minimum atomic E-state index is -0.526. The molecule has 0 saturated carbocycles. The molecule has 5 aromatic rings. The summed E-state index contributed by atoms with van der Waals surface area (Å²) in [5, 5.41) is 3.80. The van der Waals surface area contributed by atoms with Crippen LogP contribution in [0.15, 0.2) is 76.8 Å². The molecule has 0 aliphatic carbocycles. The van der Waals surface area contributed by atoms with E-state index in [0.29, 0.717) is 27.0 Å². The zero-order chi connectivity index (χ0) is 22.9. The molecular weight excluding hydrogens is 454 g/mol. The highest BCUT2D eigenvalue weighted by molar-refractivity contribution is 8.00. The van der Waals surface area contributed by atoms with E-state index >= 15 is 0 Å². The van der Waals surface area contributed by atoms with Crippen LogP contribution in [0.25, 0.3) is 26.9 Å². The maximum atomic E-state index is 13.3. The van der Waals surface area contributed by atoms with Crippen molar-refractivity contribution in [3.05, 3.63) is 82.8 Å². The third-order valence-electron chi connectivity index (χ3n) is 5.05. The Morgan fingerprint density at radius 3 is 2.55 bits per heavy atom. The second kappa shape index (κ2) is 8.76. The molecule has 5 rings (SSSR count). The van der Waals surface area contributed by atoms with Crippen molar-refractivity contribution in [1.29, 1.82) is 0 Å². The molecule has 0 fully saturated rings. The summed E-state index contributed by atoms with van der Waals surface area (Å²) in [6, 6.07) is 18.6. The number of hydrogen-bond acceptors (Lipinski definition) is 7. The Hall–Kier alpha value is -3.56. The van der Waals surface area contributed by atoms with Crippen LogP contribution in [-0.4, -0.2) is 30.7 Å². The van der Waals surface area contributed by atoms with Gasteiger partial charge in [0.15, 0.2) is 10.3 Å². The maximum absolute atomic E-state index is 13.3. The lowest BCUT2D eigenvalue weighted by Crippen LogP contribution is -2.26. The third kappa shape index (κ3) is 4.24. The highest BCUT2D eigenvalue weighted by Crippen LogP contribution is 2.28. The maximum Gasteiger partial charge on any atom is 0.267 e. The van der Waals surface area contributed by atoms with Crippen LogP contribution in [0.5, 0.6) is 0 Å². The molecule has 3 heterocycles. The molecule has 7 nitrogen and oxygen atoms in total. The van der Waals surface area contributed by atoms with Crippen molar-refractivity contribution >= 4 is 55.3 Å². The van der Waals surface area contributed by atoms with E-state index in [4.69, 9.17) is 4.98 Å². The van der Waals surface area contributed by atoms with Crippen LogP contribution in [-0.2, 0) is 4.79 Å². The number of pyridine rings is 1. The van der Waals surface area contributed by atoms with E-state index in [-0.39, 0.29) is 11.5 Å². The smallest absolute Gasteiger partial charge is 0.267 e. The highest BCUT2D eigenvalue weighted by atomic mass is 32.2. The zero-order valence-corrected chi connectivity index (χ0v) is 19.5. The summed E-state index contributed by atoms with van der Waals surface area (Å²) in [5.41, 5.74) is 2.18. The zero-order valence-electron chi connectivity index (χ0n) is 17.9. The van der Waals surface area contributed by atoms with Gasteiger partial charge in [0, 0.05) is 6.20 Å². The fraction of sp³-hybridized carbons (Fsp3) is 0.125. The average Bonchev–Trinajstić information content (AvgIpc) is 3.22. The van der Waals surface area contributed by atoms with Gasteiger partial charge >= 0.3 is 0 Å². The van der Waals surface area contributed by atoms with Gasteiger partial charge in [-0.15, -0.1) is 0 Å². The summed E-state index contributed by atoms with van der Waals surface area (Å²) in [6.07, 6.45) is 1.70. The molecule has 0 aliphatic heterocycles. The van der Waals surface area contributed by atoms with Crippen molar-refractivity contribution in [3.63, 3.8) is 0 Å². The van der Waals surface area contributed by atoms with E-state index in [9.17, 15) is 9.59 Å². The highest BCUT2D eigenvalue weighted by Gasteiger charge is 2.21. The molecule has 2 aromatic carbocycles. The van der Waals surface area contributed by atoms with E-state index in [2.05, 4.69) is 15.3 Å². The lowest BCUT2D eigenvalue weighted by molar-refractivity contribution is -0.115. The molecular formula is C24H19N5O2S2. The van der Waals surface area contributed by atoms with Gasteiger partial charge in [0.05, 0.1) is 26.4 Å². The number of nitrogens with zero attached hydrogens (tertiary/aromatic N) is 4. The number of para-hydroxylation sites is 2. The molecule has 1 atom stereocenters. The first-order chi connectivity index (χ1) is 16.0. The number of anilines is 1. The molecule has 0 saturated heterocycles. The van der Waals surface area contributed by atoms with Gasteiger partial charge in [-0.25, -0.2) is 19.5 Å². The summed E-state index contributed by atoms with van der Waals surface area (Å²) in [7, 11) is 0. The summed E-state index contributed by atoms with van der Waals surface area (Å²) in [5.74, 6) is 0.245. The van der Waals surface area contributed by atoms with Crippen molar-refractivity contribution in [2.45, 2.75) is 24.3 Å². The van der Waals surface area contributed by atoms with Crippen LogP contribution in [0.2, 0.25) is 0 Å². The Morgan fingerprint density at radius 1 is 1.03 bits per heavy atom. The summed E-state index contributed by atoms with van der Waals surface area (Å²) in [4.78, 5) is 39.9. The van der Waals surface area contributed by atoms with Gasteiger partial charge in [-0.1, -0.05) is 53.4 Å². The van der Waals surface area contributed by atoms with Gasteiger partial charge in [0.25, 0.3) is 5.56 Å². The first-order valence-electron chi connectivity index (χ1n) is 10.3. The Bertz CT molecular complexity index is 1510. The molecule has 0 bridgehead atoms. The van der Waals surface area contributed by atoms with Crippen LogP contribution in [0.3, 0.4) is 0 Å².